The molecule has 1 heterocycles. The lowest BCUT2D eigenvalue weighted by molar-refractivity contribution is -0.121. The zero-order chi connectivity index (χ0) is 12.5. The number of nitrogens with zero attached hydrogens (tertiary/aromatic N) is 3. The van der Waals surface area contributed by atoms with E-state index in [9.17, 15) is 4.79 Å². The van der Waals surface area contributed by atoms with Gasteiger partial charge < -0.3 is 11.1 Å². The van der Waals surface area contributed by atoms with Gasteiger partial charge in [0.05, 0.1) is 11.9 Å². The monoisotopic (exact) mass is 237 g/mol. The third-order valence-corrected chi connectivity index (χ3v) is 3.36. The molecule has 2 rings (SSSR count). The minimum absolute atomic E-state index is 0.0267. The molecule has 94 valence electrons. The molecule has 17 heavy (non-hydrogen) atoms. The number of rotatable bonds is 5. The lowest BCUT2D eigenvalue weighted by atomic mass is 10.1. The van der Waals surface area contributed by atoms with Crippen molar-refractivity contribution in [3.63, 3.8) is 0 Å². The summed E-state index contributed by atoms with van der Waals surface area (Å²) >= 11 is 0. The van der Waals surface area contributed by atoms with Gasteiger partial charge in [-0.15, -0.1) is 5.10 Å². The van der Waals surface area contributed by atoms with Crippen LogP contribution in [-0.4, -0.2) is 27.4 Å². The van der Waals surface area contributed by atoms with Crippen LogP contribution in [-0.2, 0) is 17.9 Å². The molecule has 0 bridgehead atoms. The molecule has 1 aromatic heterocycles. The maximum atomic E-state index is 11.6. The molecule has 0 saturated heterocycles. The standard InChI is InChI=1S/C11H19N5O/c1-11(2)3-8(11)5-13-10(17)7-16-6-9(4-12)14-15-16/h6,8H,3-5,7,12H2,1-2H3,(H,13,17). The topological polar surface area (TPSA) is 85.8 Å². The van der Waals surface area contributed by atoms with Gasteiger partial charge in [-0.25, -0.2) is 4.68 Å². The molecule has 1 fully saturated rings. The lowest BCUT2D eigenvalue weighted by Gasteiger charge is -2.06. The fraction of sp³-hybridized carbons (Fsp3) is 0.727. The second-order valence-corrected chi connectivity index (χ2v) is 5.31. The highest BCUT2D eigenvalue weighted by Crippen LogP contribution is 2.50. The van der Waals surface area contributed by atoms with E-state index in [0.717, 1.165) is 6.54 Å². The molecule has 0 spiro atoms. The van der Waals surface area contributed by atoms with Gasteiger partial charge >= 0.3 is 0 Å². The average Bonchev–Trinajstić information content (AvgIpc) is 2.70. The molecule has 1 aliphatic rings. The van der Waals surface area contributed by atoms with Crippen molar-refractivity contribution in [2.24, 2.45) is 17.1 Å². The van der Waals surface area contributed by atoms with Crippen molar-refractivity contribution < 1.29 is 4.79 Å². The van der Waals surface area contributed by atoms with Gasteiger partial charge in [0, 0.05) is 13.1 Å². The Balaban J connectivity index is 1.74. The first kappa shape index (κ1) is 12.0. The summed E-state index contributed by atoms with van der Waals surface area (Å²) < 4.78 is 1.51. The van der Waals surface area contributed by atoms with Gasteiger partial charge in [-0.3, -0.25) is 4.79 Å². The van der Waals surface area contributed by atoms with E-state index in [0.29, 0.717) is 23.6 Å². The Hall–Kier alpha value is -1.43. The van der Waals surface area contributed by atoms with Crippen molar-refractivity contribution in [3.05, 3.63) is 11.9 Å². The van der Waals surface area contributed by atoms with Crippen LogP contribution in [0.2, 0.25) is 0 Å². The Morgan fingerprint density at radius 3 is 2.94 bits per heavy atom. The summed E-state index contributed by atoms with van der Waals surface area (Å²) in [7, 11) is 0. The van der Waals surface area contributed by atoms with Gasteiger partial charge in [-0.1, -0.05) is 19.1 Å². The van der Waals surface area contributed by atoms with Gasteiger partial charge in [-0.05, 0) is 17.8 Å². The third-order valence-electron chi connectivity index (χ3n) is 3.36. The fourth-order valence-electron chi connectivity index (χ4n) is 1.87. The normalized spacial score (nSPS) is 21.2. The summed E-state index contributed by atoms with van der Waals surface area (Å²) in [5.41, 5.74) is 6.51. The number of carbonyl (C=O) groups is 1. The van der Waals surface area contributed by atoms with Crippen molar-refractivity contribution in [2.75, 3.05) is 6.54 Å². The van der Waals surface area contributed by atoms with Crippen LogP contribution in [0.3, 0.4) is 0 Å². The van der Waals surface area contributed by atoms with Crippen LogP contribution >= 0.6 is 0 Å². The van der Waals surface area contributed by atoms with E-state index in [-0.39, 0.29) is 12.5 Å². The summed E-state index contributed by atoms with van der Waals surface area (Å²) in [5.74, 6) is 0.586. The molecule has 0 aliphatic heterocycles. The Bertz CT molecular complexity index is 412. The molecule has 1 saturated carbocycles. The Kier molecular flexibility index (Phi) is 3.15. The Morgan fingerprint density at radius 1 is 1.71 bits per heavy atom. The van der Waals surface area contributed by atoms with Crippen LogP contribution in [0.4, 0.5) is 0 Å². The zero-order valence-corrected chi connectivity index (χ0v) is 10.3. The van der Waals surface area contributed by atoms with Crippen LogP contribution in [0.15, 0.2) is 6.20 Å². The third kappa shape index (κ3) is 3.03. The Morgan fingerprint density at radius 2 is 2.41 bits per heavy atom. The molecule has 0 aromatic carbocycles. The first-order valence-corrected chi connectivity index (χ1v) is 5.87. The number of hydrogen-bond acceptors (Lipinski definition) is 4. The minimum Gasteiger partial charge on any atom is -0.354 e. The highest BCUT2D eigenvalue weighted by Gasteiger charge is 2.45. The Labute approximate surface area is 101 Å². The van der Waals surface area contributed by atoms with Crippen LogP contribution in [0.25, 0.3) is 0 Å². The van der Waals surface area contributed by atoms with Gasteiger partial charge in [0.2, 0.25) is 5.91 Å². The van der Waals surface area contributed by atoms with E-state index in [2.05, 4.69) is 29.5 Å². The maximum absolute atomic E-state index is 11.6. The second kappa shape index (κ2) is 4.44. The number of hydrogen-bond donors (Lipinski definition) is 2. The van der Waals surface area contributed by atoms with Crippen molar-refractivity contribution in [2.45, 2.75) is 33.4 Å². The van der Waals surface area contributed by atoms with Crippen molar-refractivity contribution >= 4 is 5.91 Å². The van der Waals surface area contributed by atoms with E-state index in [1.54, 1.807) is 6.20 Å². The van der Waals surface area contributed by atoms with E-state index in [1.807, 2.05) is 0 Å². The smallest absolute Gasteiger partial charge is 0.241 e. The van der Waals surface area contributed by atoms with Gasteiger partial charge in [0.25, 0.3) is 0 Å². The highest BCUT2D eigenvalue weighted by atomic mass is 16.2. The predicted molar refractivity (Wildman–Crippen MR) is 62.8 cm³/mol. The molecule has 1 aliphatic carbocycles. The van der Waals surface area contributed by atoms with Crippen molar-refractivity contribution in [1.82, 2.24) is 20.3 Å². The van der Waals surface area contributed by atoms with Crippen LogP contribution in [0, 0.1) is 11.3 Å². The molecule has 1 amide bonds. The van der Waals surface area contributed by atoms with E-state index in [4.69, 9.17) is 5.73 Å². The van der Waals surface area contributed by atoms with Crippen LogP contribution in [0.5, 0.6) is 0 Å². The molecular weight excluding hydrogens is 218 g/mol. The van der Waals surface area contributed by atoms with E-state index >= 15 is 0 Å². The largest absolute Gasteiger partial charge is 0.354 e. The van der Waals surface area contributed by atoms with Gasteiger partial charge in [0.15, 0.2) is 0 Å². The number of nitrogens with one attached hydrogen (secondary N) is 1. The van der Waals surface area contributed by atoms with Crippen LogP contribution < -0.4 is 11.1 Å². The average molecular weight is 237 g/mol. The number of nitrogens with two attached hydrogens (primary N) is 1. The lowest BCUT2D eigenvalue weighted by Crippen LogP contribution is -2.30. The summed E-state index contributed by atoms with van der Waals surface area (Å²) in [6.45, 7) is 5.74. The van der Waals surface area contributed by atoms with Crippen molar-refractivity contribution in [3.8, 4) is 0 Å². The number of carbonyl (C=O) groups excluding carboxylic acids is 1. The minimum atomic E-state index is -0.0267. The van der Waals surface area contributed by atoms with E-state index < -0.39 is 0 Å². The molecule has 1 unspecified atom stereocenters. The van der Waals surface area contributed by atoms with Gasteiger partial charge in [0.1, 0.15) is 6.54 Å². The quantitative estimate of drug-likeness (QED) is 0.748. The molecule has 0 radical (unpaired) electrons. The molecule has 6 heteroatoms. The summed E-state index contributed by atoms with van der Waals surface area (Å²) in [6, 6.07) is 0. The molecule has 1 aromatic rings. The fourth-order valence-corrected chi connectivity index (χ4v) is 1.87. The summed E-state index contributed by atoms with van der Waals surface area (Å²) in [4.78, 5) is 11.6. The first-order valence-electron chi connectivity index (χ1n) is 5.87. The highest BCUT2D eigenvalue weighted by molar-refractivity contribution is 5.75. The SMILES string of the molecule is CC1(C)CC1CNC(=O)Cn1cc(CN)nn1. The molecule has 6 nitrogen and oxygen atoms in total. The summed E-state index contributed by atoms with van der Waals surface area (Å²) in [6.07, 6.45) is 2.88. The second-order valence-electron chi connectivity index (χ2n) is 5.31. The van der Waals surface area contributed by atoms with Crippen molar-refractivity contribution in [1.29, 1.82) is 0 Å². The van der Waals surface area contributed by atoms with Crippen LogP contribution in [0.1, 0.15) is 26.0 Å². The van der Waals surface area contributed by atoms with Gasteiger partial charge in [-0.2, -0.15) is 0 Å². The zero-order valence-electron chi connectivity index (χ0n) is 10.3. The van der Waals surface area contributed by atoms with E-state index in [1.165, 1.54) is 11.1 Å². The predicted octanol–water partition coefficient (Wildman–Crippen LogP) is -0.101. The number of amides is 1. The summed E-state index contributed by atoms with van der Waals surface area (Å²) in [5, 5.41) is 10.6. The molecular formula is C11H19N5O. The molecule has 3 N–H and O–H groups in total. The maximum Gasteiger partial charge on any atom is 0.241 e. The first-order chi connectivity index (χ1) is 8.01. The molecule has 1 atom stereocenters. The number of aromatic nitrogens is 3.